The van der Waals surface area contributed by atoms with Gasteiger partial charge in [-0.1, -0.05) is 293 Å². The monoisotopic (exact) mass is 1570 g/mol. The van der Waals surface area contributed by atoms with E-state index in [1.165, 1.54) is 19.3 Å². The van der Waals surface area contributed by atoms with Crippen LogP contribution in [0.4, 0.5) is 0 Å². The van der Waals surface area contributed by atoms with Gasteiger partial charge in [0.05, 0.1) is 26.4 Å². The smallest absolute Gasteiger partial charge is 0.462 e. The lowest BCUT2D eigenvalue weighted by Gasteiger charge is -2.21. The van der Waals surface area contributed by atoms with Crippen LogP contribution in [0.2, 0.25) is 0 Å². The molecule has 0 aliphatic carbocycles. The summed E-state index contributed by atoms with van der Waals surface area (Å²) in [7, 11) is -10.0. The quantitative estimate of drug-likeness (QED) is 0.0169. The van der Waals surface area contributed by atoms with Gasteiger partial charge in [-0.2, -0.15) is 0 Å². The van der Waals surface area contributed by atoms with Crippen LogP contribution in [0.25, 0.3) is 0 Å². The van der Waals surface area contributed by atoms with Crippen molar-refractivity contribution in [2.75, 3.05) is 39.6 Å². The summed E-state index contributed by atoms with van der Waals surface area (Å²) in [5.41, 5.74) is 0. The first-order chi connectivity index (χ1) is 53.7. The Bertz CT molecular complexity index is 2850. The predicted molar refractivity (Wildman–Crippen MR) is 454 cm³/mol. The zero-order chi connectivity index (χ0) is 80.3. The molecule has 0 saturated carbocycles. The van der Waals surface area contributed by atoms with Gasteiger partial charge in [0, 0.05) is 25.7 Å². The molecule has 0 heterocycles. The van der Waals surface area contributed by atoms with Crippen molar-refractivity contribution in [2.45, 2.75) is 316 Å². The summed E-state index contributed by atoms with van der Waals surface area (Å²) in [5.74, 6) is -2.35. The van der Waals surface area contributed by atoms with E-state index >= 15 is 0 Å². The molecule has 0 aromatic carbocycles. The van der Waals surface area contributed by atoms with Gasteiger partial charge in [0.2, 0.25) is 0 Å². The molecule has 0 aromatic rings. The lowest BCUT2D eigenvalue weighted by molar-refractivity contribution is -0.161. The molecule has 622 valence electrons. The number of aliphatic hydroxyl groups excluding tert-OH is 1. The zero-order valence-corrected chi connectivity index (χ0v) is 69.9. The average Bonchev–Trinajstić information content (AvgIpc) is 0.904. The number of rotatable bonds is 76. The number of ether oxygens (including phenoxy) is 4. The number of phosphoric acid groups is 2. The second kappa shape index (κ2) is 80.9. The first kappa shape index (κ1) is 104. The van der Waals surface area contributed by atoms with Gasteiger partial charge in [0.25, 0.3) is 0 Å². The van der Waals surface area contributed by atoms with Crippen molar-refractivity contribution in [3.63, 3.8) is 0 Å². The van der Waals surface area contributed by atoms with E-state index in [-0.39, 0.29) is 25.7 Å². The van der Waals surface area contributed by atoms with E-state index in [1.807, 2.05) is 24.3 Å². The van der Waals surface area contributed by atoms with Gasteiger partial charge < -0.3 is 33.8 Å². The minimum atomic E-state index is -5.02. The van der Waals surface area contributed by atoms with Crippen molar-refractivity contribution >= 4 is 39.5 Å². The fourth-order valence-electron chi connectivity index (χ4n) is 10.3. The number of carbonyl (C=O) groups is 4. The summed E-state index contributed by atoms with van der Waals surface area (Å²) in [5, 5.41) is 10.7. The third-order valence-electron chi connectivity index (χ3n) is 16.5. The van der Waals surface area contributed by atoms with Crippen LogP contribution < -0.4 is 0 Å². The van der Waals surface area contributed by atoms with Gasteiger partial charge in [-0.25, -0.2) is 9.13 Å². The van der Waals surface area contributed by atoms with Crippen LogP contribution in [0.15, 0.2) is 194 Å². The molecule has 5 unspecified atom stereocenters. The van der Waals surface area contributed by atoms with Gasteiger partial charge in [-0.15, -0.1) is 0 Å². The number of allylic oxidation sites excluding steroid dienone is 32. The highest BCUT2D eigenvalue weighted by atomic mass is 31.2. The molecule has 0 rings (SSSR count). The van der Waals surface area contributed by atoms with E-state index in [0.717, 1.165) is 186 Å². The second-order valence-corrected chi connectivity index (χ2v) is 29.8. The minimum Gasteiger partial charge on any atom is -0.462 e. The topological polar surface area (TPSA) is 237 Å². The average molecular weight is 1570 g/mol. The molecule has 17 nitrogen and oxygen atoms in total. The molecule has 0 radical (unpaired) electrons. The van der Waals surface area contributed by atoms with Crippen molar-refractivity contribution in [3.8, 4) is 0 Å². The van der Waals surface area contributed by atoms with Crippen molar-refractivity contribution < 1.29 is 80.2 Å². The van der Waals surface area contributed by atoms with Crippen molar-refractivity contribution in [1.29, 1.82) is 0 Å². The van der Waals surface area contributed by atoms with Gasteiger partial charge in [0.15, 0.2) is 12.2 Å². The summed E-state index contributed by atoms with van der Waals surface area (Å²) in [6.45, 7) is 4.34. The Morgan fingerprint density at radius 2 is 0.482 bits per heavy atom. The fraction of sp³-hybridized carbons (Fsp3) is 0.604. The summed E-state index contributed by atoms with van der Waals surface area (Å²) >= 11 is 0. The largest absolute Gasteiger partial charge is 0.472 e. The Balaban J connectivity index is 5.52. The fourth-order valence-corrected chi connectivity index (χ4v) is 11.9. The maximum Gasteiger partial charge on any atom is 0.472 e. The van der Waals surface area contributed by atoms with Gasteiger partial charge >= 0.3 is 39.5 Å². The molecule has 110 heavy (non-hydrogen) atoms. The molecule has 19 heteroatoms. The third kappa shape index (κ3) is 80.0. The maximum atomic E-state index is 13.1. The van der Waals surface area contributed by atoms with Gasteiger partial charge in [-0.05, 0) is 173 Å². The Hall–Kier alpha value is -6.10. The van der Waals surface area contributed by atoms with Crippen molar-refractivity contribution in [2.24, 2.45) is 0 Å². The summed E-state index contributed by atoms with van der Waals surface area (Å²) in [6, 6.07) is 0. The van der Waals surface area contributed by atoms with E-state index < -0.39 is 97.5 Å². The normalized spacial score (nSPS) is 14.8. The highest BCUT2D eigenvalue weighted by Gasteiger charge is 2.30. The Kier molecular flexibility index (Phi) is 76.4. The Labute approximate surface area is 666 Å². The highest BCUT2D eigenvalue weighted by Crippen LogP contribution is 2.45. The van der Waals surface area contributed by atoms with E-state index in [1.54, 1.807) is 0 Å². The molecule has 0 aliphatic rings. The number of esters is 4. The first-order valence-corrected chi connectivity index (χ1v) is 44.7. The number of carbonyl (C=O) groups excluding carboxylic acids is 4. The summed E-state index contributed by atoms with van der Waals surface area (Å²) < 4.78 is 68.6. The van der Waals surface area contributed by atoms with Gasteiger partial charge in [-0.3, -0.25) is 37.3 Å². The van der Waals surface area contributed by atoms with E-state index in [9.17, 15) is 43.2 Å². The number of hydrogen-bond donors (Lipinski definition) is 3. The van der Waals surface area contributed by atoms with Crippen LogP contribution in [0.3, 0.4) is 0 Å². The van der Waals surface area contributed by atoms with Crippen LogP contribution in [0.5, 0.6) is 0 Å². The number of aliphatic hydroxyl groups is 1. The van der Waals surface area contributed by atoms with E-state index in [0.29, 0.717) is 38.5 Å². The highest BCUT2D eigenvalue weighted by molar-refractivity contribution is 7.47. The van der Waals surface area contributed by atoms with Gasteiger partial charge in [0.1, 0.15) is 19.3 Å². The van der Waals surface area contributed by atoms with Crippen LogP contribution in [0.1, 0.15) is 297 Å². The summed E-state index contributed by atoms with van der Waals surface area (Å²) in [4.78, 5) is 73.2. The molecule has 0 aliphatic heterocycles. The minimum absolute atomic E-state index is 0.00370. The molecule has 0 amide bonds. The standard InChI is InChI=1S/C91H146O17P2/c1-5-9-13-17-21-25-29-33-37-41-42-46-48-52-56-60-64-68-72-76-89(94)102-82-87(108-91(96)78-74-70-66-62-58-54-50-45-40-36-32-28-24-20-16-12-8-4)84-106-110(99,100)104-80-85(92)79-103-109(97,98)105-83-86(107-90(95)77-73-69-65-61-57-53-49-44-39-35-31-27-23-19-15-11-7-3)81-101-88(93)75-71-67-63-59-55-51-47-43-38-34-30-26-22-18-14-10-6-2/h10-12,14-16,21-28,33-40,42,46-47,49,51,53,59,61,63,65,85-87,92H,5-9,13,17-20,29-32,41,43-45,48,50,52,54-58,60,62,64,66-84H2,1-4H3,(H,97,98)(H,99,100)/b14-10-,15-11-,16-12-,25-21-,26-22-,27-23-,28-24-,37-33-,38-34-,39-35-,40-36-,46-42-,51-47-,53-49-,63-59-,65-61-. The molecule has 3 N–H and O–H groups in total. The molecule has 0 aromatic heterocycles. The lowest BCUT2D eigenvalue weighted by Crippen LogP contribution is -2.30. The zero-order valence-electron chi connectivity index (χ0n) is 68.1. The molecule has 0 saturated heterocycles. The molecule has 0 fully saturated rings. The van der Waals surface area contributed by atoms with Crippen molar-refractivity contribution in [3.05, 3.63) is 194 Å². The predicted octanol–water partition coefficient (Wildman–Crippen LogP) is 24.9. The molecule has 0 bridgehead atoms. The number of phosphoric ester groups is 2. The number of hydrogen-bond acceptors (Lipinski definition) is 15. The van der Waals surface area contributed by atoms with E-state index in [2.05, 4.69) is 198 Å². The molecular formula is C91H146O17P2. The summed E-state index contributed by atoms with van der Waals surface area (Å²) in [6.07, 6.45) is 99.8. The Morgan fingerprint density at radius 3 is 0.773 bits per heavy atom. The third-order valence-corrected chi connectivity index (χ3v) is 18.4. The van der Waals surface area contributed by atoms with Crippen LogP contribution >= 0.6 is 15.6 Å². The Morgan fingerprint density at radius 1 is 0.264 bits per heavy atom. The SMILES string of the molecule is CC/C=C\C/C=C\C/C=C\C/C=C\C/C=C\CCCC(=O)OCC(COP(=O)(O)OCC(O)COP(=O)(O)OCC(COC(=O)CCCCCCCC/C=C\C/C=C\C/C=C\CCCCC)OC(=O)CCCCCCCCC/C=C\C/C=C\C/C=C\CC)OC(=O)CCC/C=C\C/C=C\C/C=C\C/C=C\C/C=C\CC. The molecular weight excluding hydrogens is 1430 g/mol. The lowest BCUT2D eigenvalue weighted by atomic mass is 10.1. The van der Waals surface area contributed by atoms with Crippen LogP contribution in [0, 0.1) is 0 Å². The van der Waals surface area contributed by atoms with Crippen LogP contribution in [-0.2, 0) is 65.4 Å². The maximum absolute atomic E-state index is 13.1. The van der Waals surface area contributed by atoms with E-state index in [4.69, 9.17) is 37.0 Å². The van der Waals surface area contributed by atoms with Crippen LogP contribution in [-0.4, -0.2) is 96.7 Å². The molecule has 5 atom stereocenters. The number of unbranched alkanes of at least 4 members (excludes halogenated alkanes) is 18. The molecule has 0 spiro atoms. The second-order valence-electron chi connectivity index (χ2n) is 26.9. The van der Waals surface area contributed by atoms with Crippen molar-refractivity contribution in [1.82, 2.24) is 0 Å². The first-order valence-electron chi connectivity index (χ1n) is 41.7.